The minimum atomic E-state index is 0.0957. The molecule has 1 aliphatic rings. The predicted molar refractivity (Wildman–Crippen MR) is 102 cm³/mol. The lowest BCUT2D eigenvalue weighted by atomic mass is 10.1. The molecule has 2 aromatic carbocycles. The summed E-state index contributed by atoms with van der Waals surface area (Å²) in [5.41, 5.74) is 7.19. The first-order chi connectivity index (χ1) is 11.2. The van der Waals surface area contributed by atoms with E-state index in [-0.39, 0.29) is 6.04 Å². The molecule has 1 heteroatoms. The summed E-state index contributed by atoms with van der Waals surface area (Å²) in [7, 11) is 0. The average molecular weight is 303 g/mol. The Labute approximate surface area is 139 Å². The number of unbranched alkanes of at least 4 members (excludes halogenated alkanes) is 2. The minimum Gasteiger partial charge on any atom is -0.374 e. The van der Waals surface area contributed by atoms with Gasteiger partial charge in [0.15, 0.2) is 0 Å². The van der Waals surface area contributed by atoms with Gasteiger partial charge in [0, 0.05) is 5.69 Å². The molecule has 0 aromatic heterocycles. The molecule has 0 saturated heterocycles. The quantitative estimate of drug-likeness (QED) is 0.651. The van der Waals surface area contributed by atoms with Crippen molar-refractivity contribution < 1.29 is 0 Å². The van der Waals surface area contributed by atoms with E-state index in [1.165, 1.54) is 42.4 Å². The highest BCUT2D eigenvalue weighted by Gasteiger charge is 2.28. The fourth-order valence-corrected chi connectivity index (χ4v) is 3.25. The zero-order valence-electron chi connectivity index (χ0n) is 13.9. The van der Waals surface area contributed by atoms with Gasteiger partial charge in [-0.2, -0.15) is 0 Å². The molecule has 0 spiro atoms. The van der Waals surface area contributed by atoms with Gasteiger partial charge >= 0.3 is 0 Å². The summed E-state index contributed by atoms with van der Waals surface area (Å²) in [5, 5.41) is 3.58. The predicted octanol–water partition coefficient (Wildman–Crippen LogP) is 5.94. The number of aryl methyl sites for hydroxylation is 1. The Bertz CT molecular complexity index is 674. The van der Waals surface area contributed by atoms with Crippen LogP contribution < -0.4 is 5.32 Å². The summed E-state index contributed by atoms with van der Waals surface area (Å²) in [6, 6.07) is 17.3. The molecular formula is C22H25N. The molecule has 3 rings (SSSR count). The summed E-state index contributed by atoms with van der Waals surface area (Å²) in [5.74, 6) is 0. The van der Waals surface area contributed by atoms with Gasteiger partial charge in [-0.3, -0.25) is 0 Å². The van der Waals surface area contributed by atoms with Crippen molar-refractivity contribution in [1.29, 1.82) is 0 Å². The maximum absolute atomic E-state index is 4.27. The largest absolute Gasteiger partial charge is 0.374 e. The fourth-order valence-electron chi connectivity index (χ4n) is 3.25. The van der Waals surface area contributed by atoms with Crippen LogP contribution in [0.2, 0.25) is 0 Å². The highest BCUT2D eigenvalue weighted by molar-refractivity contribution is 5.98. The van der Waals surface area contributed by atoms with Crippen molar-refractivity contribution in [3.05, 3.63) is 78.4 Å². The first-order valence-electron chi connectivity index (χ1n) is 8.53. The summed E-state index contributed by atoms with van der Waals surface area (Å²) in [6.45, 7) is 10.8. The zero-order chi connectivity index (χ0) is 16.2. The van der Waals surface area contributed by atoms with Crippen LogP contribution in [-0.4, -0.2) is 6.04 Å². The van der Waals surface area contributed by atoms with Crippen LogP contribution in [0, 0.1) is 0 Å². The van der Waals surface area contributed by atoms with E-state index in [0.717, 1.165) is 16.8 Å². The summed E-state index contributed by atoms with van der Waals surface area (Å²) < 4.78 is 0. The smallest absolute Gasteiger partial charge is 0.0768 e. The van der Waals surface area contributed by atoms with Gasteiger partial charge in [0.1, 0.15) is 0 Å². The Balaban J connectivity index is 1.68. The van der Waals surface area contributed by atoms with E-state index in [2.05, 4.69) is 73.9 Å². The van der Waals surface area contributed by atoms with E-state index in [4.69, 9.17) is 0 Å². The number of rotatable bonds is 6. The summed E-state index contributed by atoms with van der Waals surface area (Å²) >= 11 is 0. The SMILES string of the molecule is C=C1c2ccccc2C(=C)C1Nc1ccc(CCCCC)cc1. The maximum Gasteiger partial charge on any atom is 0.0768 e. The van der Waals surface area contributed by atoms with Gasteiger partial charge in [0.2, 0.25) is 0 Å². The van der Waals surface area contributed by atoms with E-state index in [1.54, 1.807) is 0 Å². The third-order valence-electron chi connectivity index (χ3n) is 4.65. The third-order valence-corrected chi connectivity index (χ3v) is 4.65. The zero-order valence-corrected chi connectivity index (χ0v) is 13.9. The fraction of sp³-hybridized carbons (Fsp3) is 0.273. The van der Waals surface area contributed by atoms with Crippen molar-refractivity contribution in [2.45, 2.75) is 38.6 Å². The normalized spacial score (nSPS) is 14.1. The van der Waals surface area contributed by atoms with Gasteiger partial charge in [0.25, 0.3) is 0 Å². The number of fused-ring (bicyclic) bond motifs is 1. The van der Waals surface area contributed by atoms with Gasteiger partial charge in [-0.05, 0) is 52.8 Å². The van der Waals surface area contributed by atoms with Gasteiger partial charge < -0.3 is 5.32 Å². The van der Waals surface area contributed by atoms with Crippen molar-refractivity contribution in [3.8, 4) is 0 Å². The van der Waals surface area contributed by atoms with E-state index in [0.29, 0.717) is 0 Å². The van der Waals surface area contributed by atoms with Crippen LogP contribution in [-0.2, 0) is 6.42 Å². The van der Waals surface area contributed by atoms with Crippen LogP contribution in [0.1, 0.15) is 42.9 Å². The summed E-state index contributed by atoms with van der Waals surface area (Å²) in [4.78, 5) is 0. The van der Waals surface area contributed by atoms with E-state index in [1.807, 2.05) is 0 Å². The molecule has 0 radical (unpaired) electrons. The summed E-state index contributed by atoms with van der Waals surface area (Å²) in [6.07, 6.45) is 5.02. The standard InChI is InChI=1S/C22H25N/c1-4-5-6-9-18-12-14-19(15-13-18)23-22-16(2)20-10-7-8-11-21(20)17(22)3/h7-8,10-15,22-23H,2-6,9H2,1H3. The molecular weight excluding hydrogens is 278 g/mol. The first kappa shape index (κ1) is 15.6. The molecule has 0 heterocycles. The maximum atomic E-state index is 4.27. The monoisotopic (exact) mass is 303 g/mol. The molecule has 0 amide bonds. The van der Waals surface area contributed by atoms with Crippen LogP contribution in [0.3, 0.4) is 0 Å². The second kappa shape index (κ2) is 6.87. The second-order valence-electron chi connectivity index (χ2n) is 6.33. The molecule has 1 N–H and O–H groups in total. The van der Waals surface area contributed by atoms with Gasteiger partial charge in [0.05, 0.1) is 6.04 Å². The van der Waals surface area contributed by atoms with Gasteiger partial charge in [-0.1, -0.05) is 69.3 Å². The van der Waals surface area contributed by atoms with Gasteiger partial charge in [-0.25, -0.2) is 0 Å². The second-order valence-corrected chi connectivity index (χ2v) is 6.33. The van der Waals surface area contributed by atoms with E-state index >= 15 is 0 Å². The number of hydrogen-bond donors (Lipinski definition) is 1. The molecule has 1 nitrogen and oxygen atoms in total. The molecule has 0 bridgehead atoms. The van der Waals surface area contributed by atoms with Crippen LogP contribution in [0.5, 0.6) is 0 Å². The Kier molecular flexibility index (Phi) is 4.66. The highest BCUT2D eigenvalue weighted by atomic mass is 14.9. The Hall–Kier alpha value is -2.28. The lowest BCUT2D eigenvalue weighted by Crippen LogP contribution is -2.17. The number of nitrogens with one attached hydrogen (secondary N) is 1. The molecule has 0 aliphatic heterocycles. The third kappa shape index (κ3) is 3.24. The number of benzene rings is 2. The molecule has 0 saturated carbocycles. The lowest BCUT2D eigenvalue weighted by molar-refractivity contribution is 0.717. The molecule has 2 aromatic rings. The Morgan fingerprint density at radius 2 is 1.48 bits per heavy atom. The van der Waals surface area contributed by atoms with Gasteiger partial charge in [-0.15, -0.1) is 0 Å². The van der Waals surface area contributed by atoms with Crippen LogP contribution in [0.4, 0.5) is 5.69 Å². The van der Waals surface area contributed by atoms with Crippen molar-refractivity contribution in [2.75, 3.05) is 5.32 Å². The first-order valence-corrected chi connectivity index (χ1v) is 8.53. The van der Waals surface area contributed by atoms with Crippen LogP contribution >= 0.6 is 0 Å². The van der Waals surface area contributed by atoms with Crippen molar-refractivity contribution in [2.24, 2.45) is 0 Å². The Morgan fingerprint density at radius 3 is 2.04 bits per heavy atom. The molecule has 1 aliphatic carbocycles. The molecule has 118 valence electrons. The molecule has 0 unspecified atom stereocenters. The van der Waals surface area contributed by atoms with E-state index in [9.17, 15) is 0 Å². The number of hydrogen-bond acceptors (Lipinski definition) is 1. The lowest BCUT2D eigenvalue weighted by Gasteiger charge is -2.17. The topological polar surface area (TPSA) is 12.0 Å². The Morgan fingerprint density at radius 1 is 0.870 bits per heavy atom. The molecule has 23 heavy (non-hydrogen) atoms. The van der Waals surface area contributed by atoms with Crippen molar-refractivity contribution >= 4 is 16.8 Å². The highest BCUT2D eigenvalue weighted by Crippen LogP contribution is 2.40. The van der Waals surface area contributed by atoms with E-state index < -0.39 is 0 Å². The van der Waals surface area contributed by atoms with Crippen molar-refractivity contribution in [1.82, 2.24) is 0 Å². The number of anilines is 1. The molecule has 0 atom stereocenters. The van der Waals surface area contributed by atoms with Crippen LogP contribution in [0.15, 0.2) is 61.7 Å². The molecule has 0 fully saturated rings. The van der Waals surface area contributed by atoms with Crippen molar-refractivity contribution in [3.63, 3.8) is 0 Å². The minimum absolute atomic E-state index is 0.0957. The van der Waals surface area contributed by atoms with Crippen LogP contribution in [0.25, 0.3) is 11.1 Å². The average Bonchev–Trinajstić information content (AvgIpc) is 2.82.